The number of nitro benzene ring substituents is 1. The molecule has 8 nitrogen and oxygen atoms in total. The number of thiazole rings is 1. The molecule has 1 atom stereocenters. The van der Waals surface area contributed by atoms with Crippen molar-refractivity contribution < 1.29 is 14.4 Å². The van der Waals surface area contributed by atoms with Gasteiger partial charge in [-0.05, 0) is 95.6 Å². The largest absolute Gasteiger partial charge is 0.497 e. The summed E-state index contributed by atoms with van der Waals surface area (Å²) in [5.41, 5.74) is 5.84. The minimum Gasteiger partial charge on any atom is -0.497 e. The number of methoxy groups -OCH3 is 2. The molecule has 1 aromatic heterocycles. The Bertz CT molecular complexity index is 1870. The van der Waals surface area contributed by atoms with Gasteiger partial charge < -0.3 is 9.47 Å². The Balaban J connectivity index is 1.52. The van der Waals surface area contributed by atoms with Crippen molar-refractivity contribution in [2.45, 2.75) is 25.3 Å². The van der Waals surface area contributed by atoms with Gasteiger partial charge in [0.25, 0.3) is 11.2 Å². The molecule has 0 bridgehead atoms. The number of nitrogens with zero attached hydrogens (tertiary/aromatic N) is 3. The first-order valence-electron chi connectivity index (χ1n) is 13.2. The summed E-state index contributed by atoms with van der Waals surface area (Å²) >= 11 is 1.33. The molecule has 0 fully saturated rings. The van der Waals surface area contributed by atoms with Gasteiger partial charge in [-0.25, -0.2) is 4.99 Å². The predicted molar refractivity (Wildman–Crippen MR) is 159 cm³/mol. The van der Waals surface area contributed by atoms with E-state index in [2.05, 4.69) is 6.08 Å². The lowest BCUT2D eigenvalue weighted by Gasteiger charge is -2.31. The molecular formula is C32H27N3O5S. The monoisotopic (exact) mass is 565 g/mol. The predicted octanol–water partition coefficient (Wildman–Crippen LogP) is 5.41. The van der Waals surface area contributed by atoms with Crippen LogP contribution in [0.3, 0.4) is 0 Å². The number of non-ortho nitro benzene ring substituents is 1. The molecule has 9 heteroatoms. The fourth-order valence-corrected chi connectivity index (χ4v) is 6.39. The first-order valence-corrected chi connectivity index (χ1v) is 14.0. The van der Waals surface area contributed by atoms with Gasteiger partial charge >= 0.3 is 0 Å². The number of hydrogen-bond acceptors (Lipinski definition) is 7. The van der Waals surface area contributed by atoms with E-state index < -0.39 is 4.92 Å². The van der Waals surface area contributed by atoms with Crippen molar-refractivity contribution in [1.29, 1.82) is 0 Å². The normalized spacial score (nSPS) is 17.6. The SMILES string of the molecule is COc1ccc(/C=C2/CCCC3=C2N=c2sc(=Cc4ccc([N+](=O)[O-])cc4)c(=O)n2[C@@H]3c2ccc(OC)cc2)cc1. The molecule has 0 unspecified atom stereocenters. The van der Waals surface area contributed by atoms with Crippen LogP contribution in [0.4, 0.5) is 5.69 Å². The van der Waals surface area contributed by atoms with Crippen LogP contribution in [-0.4, -0.2) is 23.7 Å². The van der Waals surface area contributed by atoms with Crippen LogP contribution in [-0.2, 0) is 0 Å². The molecule has 6 rings (SSSR count). The molecule has 2 heterocycles. The highest BCUT2D eigenvalue weighted by molar-refractivity contribution is 7.07. The highest BCUT2D eigenvalue weighted by atomic mass is 32.1. The highest BCUT2D eigenvalue weighted by Crippen LogP contribution is 2.41. The van der Waals surface area contributed by atoms with E-state index in [1.165, 1.54) is 23.5 Å². The van der Waals surface area contributed by atoms with Crippen molar-refractivity contribution in [2.24, 2.45) is 4.99 Å². The maximum Gasteiger partial charge on any atom is 0.271 e. The maximum atomic E-state index is 13.9. The minimum atomic E-state index is -0.436. The Morgan fingerprint density at radius 2 is 1.51 bits per heavy atom. The summed E-state index contributed by atoms with van der Waals surface area (Å²) in [6, 6.07) is 21.7. The first-order chi connectivity index (χ1) is 19.9. The number of ether oxygens (including phenoxy) is 2. The molecule has 4 aromatic rings. The van der Waals surface area contributed by atoms with Crippen molar-refractivity contribution in [3.8, 4) is 11.5 Å². The van der Waals surface area contributed by atoms with E-state index in [0.717, 1.165) is 58.7 Å². The molecule has 0 spiro atoms. The van der Waals surface area contributed by atoms with E-state index in [1.807, 2.05) is 48.5 Å². The zero-order valence-corrected chi connectivity index (χ0v) is 23.4. The van der Waals surface area contributed by atoms with E-state index in [-0.39, 0.29) is 17.3 Å². The summed E-state index contributed by atoms with van der Waals surface area (Å²) in [4.78, 5) is 30.3. The second-order valence-electron chi connectivity index (χ2n) is 9.87. The van der Waals surface area contributed by atoms with Gasteiger partial charge in [-0.15, -0.1) is 0 Å². The van der Waals surface area contributed by atoms with Crippen molar-refractivity contribution in [1.82, 2.24) is 4.57 Å². The molecule has 0 saturated heterocycles. The highest BCUT2D eigenvalue weighted by Gasteiger charge is 2.32. The summed E-state index contributed by atoms with van der Waals surface area (Å²) in [5.74, 6) is 1.55. The Morgan fingerprint density at radius 3 is 2.15 bits per heavy atom. The van der Waals surface area contributed by atoms with Crippen LogP contribution in [0.5, 0.6) is 11.5 Å². The van der Waals surface area contributed by atoms with E-state index in [0.29, 0.717) is 14.9 Å². The third-order valence-electron chi connectivity index (χ3n) is 7.42. The van der Waals surface area contributed by atoms with E-state index in [4.69, 9.17) is 14.5 Å². The smallest absolute Gasteiger partial charge is 0.271 e. The summed E-state index contributed by atoms with van der Waals surface area (Å²) in [6.45, 7) is 0. The van der Waals surface area contributed by atoms with Crippen LogP contribution in [0.25, 0.3) is 12.2 Å². The topological polar surface area (TPSA) is 96.0 Å². The fourth-order valence-electron chi connectivity index (χ4n) is 5.39. The third-order valence-corrected chi connectivity index (χ3v) is 8.41. The van der Waals surface area contributed by atoms with Crippen molar-refractivity contribution in [3.05, 3.63) is 136 Å². The molecular weight excluding hydrogens is 538 g/mol. The lowest BCUT2D eigenvalue weighted by Crippen LogP contribution is -2.39. The average molecular weight is 566 g/mol. The van der Waals surface area contributed by atoms with Crippen LogP contribution >= 0.6 is 11.3 Å². The van der Waals surface area contributed by atoms with Crippen LogP contribution in [0, 0.1) is 10.1 Å². The Kier molecular flexibility index (Phi) is 7.11. The zero-order chi connectivity index (χ0) is 28.5. The molecule has 0 saturated carbocycles. The van der Waals surface area contributed by atoms with Crippen molar-refractivity contribution in [2.75, 3.05) is 14.2 Å². The lowest BCUT2D eigenvalue weighted by molar-refractivity contribution is -0.384. The number of fused-ring (bicyclic) bond motifs is 1. The summed E-state index contributed by atoms with van der Waals surface area (Å²) in [6.07, 6.45) is 6.63. The zero-order valence-electron chi connectivity index (χ0n) is 22.6. The molecule has 1 aliphatic carbocycles. The van der Waals surface area contributed by atoms with Crippen LogP contribution in [0.2, 0.25) is 0 Å². The number of allylic oxidation sites excluding steroid dienone is 2. The summed E-state index contributed by atoms with van der Waals surface area (Å²) < 4.78 is 13.0. The van der Waals surface area contributed by atoms with Gasteiger partial charge in [-0.1, -0.05) is 35.6 Å². The van der Waals surface area contributed by atoms with E-state index in [1.54, 1.807) is 37.0 Å². The Morgan fingerprint density at radius 1 is 0.902 bits per heavy atom. The number of aromatic nitrogens is 1. The lowest BCUT2D eigenvalue weighted by atomic mass is 9.84. The van der Waals surface area contributed by atoms with Crippen molar-refractivity contribution in [3.63, 3.8) is 0 Å². The fraction of sp³-hybridized carbons (Fsp3) is 0.188. The molecule has 206 valence electrons. The molecule has 3 aromatic carbocycles. The molecule has 2 aliphatic rings. The molecule has 0 N–H and O–H groups in total. The molecule has 0 radical (unpaired) electrons. The van der Waals surface area contributed by atoms with Gasteiger partial charge in [0, 0.05) is 12.1 Å². The Labute approximate surface area is 240 Å². The minimum absolute atomic E-state index is 0.00645. The van der Waals surface area contributed by atoms with Gasteiger partial charge in [0.1, 0.15) is 11.5 Å². The second kappa shape index (κ2) is 11.0. The average Bonchev–Trinajstić information content (AvgIpc) is 3.31. The number of rotatable bonds is 6. The number of nitro groups is 1. The van der Waals surface area contributed by atoms with Gasteiger partial charge in [-0.3, -0.25) is 19.5 Å². The summed E-state index contributed by atoms with van der Waals surface area (Å²) in [5, 5.41) is 11.1. The third kappa shape index (κ3) is 5.12. The second-order valence-corrected chi connectivity index (χ2v) is 10.9. The van der Waals surface area contributed by atoms with Crippen LogP contribution in [0.15, 0.2) is 99.4 Å². The quantitative estimate of drug-likeness (QED) is 0.230. The molecule has 1 aliphatic heterocycles. The Hall–Kier alpha value is -4.76. The molecule has 41 heavy (non-hydrogen) atoms. The number of benzene rings is 3. The number of hydrogen-bond donors (Lipinski definition) is 0. The van der Waals surface area contributed by atoms with Crippen molar-refractivity contribution >= 4 is 29.2 Å². The van der Waals surface area contributed by atoms with E-state index >= 15 is 0 Å². The standard InChI is InChI=1S/C32H27N3O5S/c1-39-25-14-8-20(9-15-25)18-23-4-3-5-27-29(23)33-32-34(30(27)22-10-16-26(40-2)17-11-22)31(36)28(41-32)19-21-6-12-24(13-7-21)35(37)38/h6-19,30H,3-5H2,1-2H3/b23-18-,28-19?/t30-/m1/s1. The van der Waals surface area contributed by atoms with Crippen LogP contribution < -0.4 is 24.4 Å². The van der Waals surface area contributed by atoms with Gasteiger partial charge in [0.15, 0.2) is 4.80 Å². The van der Waals surface area contributed by atoms with Gasteiger partial charge in [0.2, 0.25) is 0 Å². The molecule has 0 amide bonds. The van der Waals surface area contributed by atoms with Gasteiger partial charge in [-0.2, -0.15) is 0 Å². The van der Waals surface area contributed by atoms with Gasteiger partial charge in [0.05, 0.1) is 35.4 Å². The maximum absolute atomic E-state index is 13.9. The van der Waals surface area contributed by atoms with Crippen LogP contribution in [0.1, 0.15) is 42.0 Å². The van der Waals surface area contributed by atoms with E-state index in [9.17, 15) is 14.9 Å². The first kappa shape index (κ1) is 26.5. The summed E-state index contributed by atoms with van der Waals surface area (Å²) in [7, 11) is 3.29.